The Bertz CT molecular complexity index is 4220. The molecule has 1 heterocycles. The summed E-state index contributed by atoms with van der Waals surface area (Å²) in [5, 5.41) is 0.129. The van der Waals surface area contributed by atoms with Crippen LogP contribution in [0.5, 0.6) is 0 Å². The van der Waals surface area contributed by atoms with E-state index in [-0.39, 0.29) is 16.7 Å². The molecule has 1 nitrogen and oxygen atoms in total. The fourth-order valence-electron chi connectivity index (χ4n) is 7.32. The maximum absolute atomic E-state index is 9.82. The van der Waals surface area contributed by atoms with Crippen LogP contribution >= 0.6 is 0 Å². The van der Waals surface area contributed by atoms with Crippen LogP contribution < -0.4 is 0 Å². The molecule has 0 saturated heterocycles. The second kappa shape index (κ2) is 11.8. The molecule has 0 amide bonds. The monoisotopic (exact) mass is 691 g/mol. The van der Waals surface area contributed by atoms with Gasteiger partial charge in [-0.25, -0.2) is 0 Å². The van der Waals surface area contributed by atoms with Crippen molar-refractivity contribution in [3.05, 3.63) is 194 Å². The Morgan fingerprint density at radius 3 is 1.51 bits per heavy atom. The first kappa shape index (κ1) is 16.6. The molecule has 1 heteroatoms. The van der Waals surface area contributed by atoms with E-state index >= 15 is 0 Å². The van der Waals surface area contributed by atoms with Gasteiger partial charge in [0.2, 0.25) is 0 Å². The lowest BCUT2D eigenvalue weighted by Gasteiger charge is -2.18. The lowest BCUT2D eigenvalue weighted by atomic mass is 9.85. The molecule has 0 fully saturated rings. The van der Waals surface area contributed by atoms with Crippen molar-refractivity contribution in [3.8, 4) is 44.5 Å². The van der Waals surface area contributed by atoms with Gasteiger partial charge in [0.25, 0.3) is 0 Å². The molecular formula is C52H32O. The van der Waals surface area contributed by atoms with Crippen LogP contribution in [0.3, 0.4) is 0 Å². The molecule has 10 aromatic carbocycles. The largest absolute Gasteiger partial charge is 0.455 e. The average molecular weight is 692 g/mol. The van der Waals surface area contributed by atoms with Crippen molar-refractivity contribution in [2.24, 2.45) is 0 Å². The molecule has 0 aliphatic carbocycles. The van der Waals surface area contributed by atoms with Gasteiger partial charge in [0, 0.05) is 21.9 Å². The molecule has 0 spiro atoms. The van der Waals surface area contributed by atoms with Crippen LogP contribution in [0.2, 0.25) is 0 Å². The van der Waals surface area contributed by atoms with Gasteiger partial charge in [0.05, 0.1) is 26.0 Å². The van der Waals surface area contributed by atoms with E-state index in [9.17, 15) is 13.7 Å². The SMILES string of the molecule is [2H]c1c([2H])c([2H])c(-c2c3c([2H])c([2H])c([2H])c([2H])c3c(-c3c([2H])c([2H])c4c([2H])c(-c5cccc6c5oc5c(-c7cccc8ccccc78)cccc56)c([2H])c([2H])c4c3[2H])c3c([2H])c([2H])c([2H])c([2H])c23)c([2H])c1[2H]. The van der Waals surface area contributed by atoms with Gasteiger partial charge >= 0.3 is 0 Å². The van der Waals surface area contributed by atoms with Crippen LogP contribution in [0.4, 0.5) is 0 Å². The number of hydrogen-bond donors (Lipinski definition) is 0. The van der Waals surface area contributed by atoms with Gasteiger partial charge in [-0.05, 0) is 88.6 Å². The van der Waals surface area contributed by atoms with E-state index in [2.05, 4.69) is 0 Å². The zero-order valence-corrected chi connectivity index (χ0v) is 27.4. The van der Waals surface area contributed by atoms with Crippen molar-refractivity contribution in [3.63, 3.8) is 0 Å². The van der Waals surface area contributed by atoms with Crippen molar-refractivity contribution in [1.82, 2.24) is 0 Å². The molecule has 0 atom stereocenters. The third-order valence-corrected chi connectivity index (χ3v) is 9.62. The molecule has 11 rings (SSSR count). The Morgan fingerprint density at radius 1 is 0.321 bits per heavy atom. The molecule has 0 radical (unpaired) electrons. The lowest BCUT2D eigenvalue weighted by molar-refractivity contribution is 0.671. The molecule has 0 saturated carbocycles. The first-order valence-electron chi connectivity index (χ1n) is 26.2. The predicted molar refractivity (Wildman–Crippen MR) is 225 cm³/mol. The van der Waals surface area contributed by atoms with Crippen molar-refractivity contribution in [1.29, 1.82) is 0 Å². The third kappa shape index (κ3) is 4.64. The van der Waals surface area contributed by atoms with E-state index < -0.39 is 169 Å². The maximum Gasteiger partial charge on any atom is 0.143 e. The van der Waals surface area contributed by atoms with Gasteiger partial charge in [0.1, 0.15) is 11.2 Å². The summed E-state index contributed by atoms with van der Waals surface area (Å²) in [6.45, 7) is 0. The van der Waals surface area contributed by atoms with E-state index in [4.69, 9.17) is 16.8 Å². The standard InChI is InChI=1S/C52H32O/c1-2-14-34(15-3-1)49-42-18-6-8-20-44(42)50(45-21-9-7-19-43(45)49)38-30-28-35-31-37(29-27-36(35)32-38)40-22-11-25-47-48-26-12-24-46(52(48)53-51(40)47)41-23-10-16-33-13-4-5-17-39(33)41/h1-32H/i1D,2D,3D,6D,7D,8D,9D,14D,15D,18D,19D,20D,21D,27D,28D,29D,30D,31D,32D. The number of rotatable bonds is 4. The number of hydrogen-bond acceptors (Lipinski definition) is 1. The minimum atomic E-state index is -0.873. The summed E-state index contributed by atoms with van der Waals surface area (Å²) in [4.78, 5) is 0. The summed E-state index contributed by atoms with van der Waals surface area (Å²) in [6, 6.07) is 9.38. The third-order valence-electron chi connectivity index (χ3n) is 9.62. The van der Waals surface area contributed by atoms with Crippen molar-refractivity contribution in [2.45, 2.75) is 0 Å². The summed E-state index contributed by atoms with van der Waals surface area (Å²) in [6.07, 6.45) is 0. The Hall–Kier alpha value is -6.96. The van der Waals surface area contributed by atoms with Crippen molar-refractivity contribution < 1.29 is 30.5 Å². The normalized spacial score (nSPS) is 16.8. The summed E-state index contributed by atoms with van der Waals surface area (Å²) in [7, 11) is 0. The number of fused-ring (bicyclic) bond motifs is 7. The van der Waals surface area contributed by atoms with Crippen molar-refractivity contribution >= 4 is 65.0 Å². The smallest absolute Gasteiger partial charge is 0.143 e. The van der Waals surface area contributed by atoms with Crippen LogP contribution in [0.25, 0.3) is 110 Å². The Morgan fingerprint density at radius 2 is 0.811 bits per heavy atom. The van der Waals surface area contributed by atoms with Gasteiger partial charge < -0.3 is 4.42 Å². The van der Waals surface area contributed by atoms with Crippen LogP contribution in [0, 0.1) is 0 Å². The quantitative estimate of drug-likeness (QED) is 0.167. The molecule has 1 aromatic heterocycles. The minimum Gasteiger partial charge on any atom is -0.455 e. The fraction of sp³-hybridized carbons (Fsp3) is 0. The Balaban J connectivity index is 1.27. The Kier molecular flexibility index (Phi) is 3.69. The first-order chi connectivity index (χ1) is 34.2. The molecule has 0 bridgehead atoms. The number of furan rings is 1. The molecule has 0 aliphatic heterocycles. The predicted octanol–water partition coefficient (Wildman–Crippen LogP) is 14.9. The van der Waals surface area contributed by atoms with E-state index in [0.717, 1.165) is 27.3 Å². The highest BCUT2D eigenvalue weighted by Gasteiger charge is 2.19. The molecule has 0 aliphatic rings. The topological polar surface area (TPSA) is 13.1 Å². The van der Waals surface area contributed by atoms with E-state index in [0.29, 0.717) is 11.0 Å². The number of para-hydroxylation sites is 2. The molecule has 246 valence electrons. The molecular weight excluding hydrogens is 641 g/mol. The fourth-order valence-corrected chi connectivity index (χ4v) is 7.32. The average Bonchev–Trinajstić information content (AvgIpc) is 3.77. The summed E-state index contributed by atoms with van der Waals surface area (Å²) in [5.74, 6) is 0. The maximum atomic E-state index is 9.82. The van der Waals surface area contributed by atoms with E-state index in [1.807, 2.05) is 66.7 Å². The summed E-state index contributed by atoms with van der Waals surface area (Å²) < 4.78 is 180. The molecule has 0 unspecified atom stereocenters. The van der Waals surface area contributed by atoms with Gasteiger partial charge in [-0.1, -0.05) is 182 Å². The summed E-state index contributed by atoms with van der Waals surface area (Å²) in [5.41, 5.74) is 0.0804. The van der Waals surface area contributed by atoms with E-state index in [1.54, 1.807) is 12.1 Å². The minimum absolute atomic E-state index is 0.147. The van der Waals surface area contributed by atoms with Crippen LogP contribution in [0.15, 0.2) is 198 Å². The van der Waals surface area contributed by atoms with Gasteiger partial charge in [-0.2, -0.15) is 0 Å². The highest BCUT2D eigenvalue weighted by atomic mass is 16.3. The molecule has 53 heavy (non-hydrogen) atoms. The lowest BCUT2D eigenvalue weighted by Crippen LogP contribution is -1.90. The van der Waals surface area contributed by atoms with Crippen LogP contribution in [-0.4, -0.2) is 0 Å². The van der Waals surface area contributed by atoms with Gasteiger partial charge in [-0.3, -0.25) is 0 Å². The van der Waals surface area contributed by atoms with Crippen LogP contribution in [-0.2, 0) is 0 Å². The van der Waals surface area contributed by atoms with Crippen molar-refractivity contribution in [2.75, 3.05) is 0 Å². The highest BCUT2D eigenvalue weighted by molar-refractivity contribution is 6.22. The Labute approximate surface area is 333 Å². The van der Waals surface area contributed by atoms with Gasteiger partial charge in [0.15, 0.2) is 0 Å². The zero-order valence-electron chi connectivity index (χ0n) is 46.4. The summed E-state index contributed by atoms with van der Waals surface area (Å²) >= 11 is 0. The van der Waals surface area contributed by atoms with E-state index in [1.165, 1.54) is 0 Å². The number of benzene rings is 10. The first-order valence-corrected chi connectivity index (χ1v) is 16.7. The zero-order chi connectivity index (χ0) is 51.4. The second-order valence-corrected chi connectivity index (χ2v) is 12.5. The van der Waals surface area contributed by atoms with Crippen LogP contribution in [0.1, 0.15) is 26.0 Å². The second-order valence-electron chi connectivity index (χ2n) is 12.5. The highest BCUT2D eigenvalue weighted by Crippen LogP contribution is 2.45. The van der Waals surface area contributed by atoms with Gasteiger partial charge in [-0.15, -0.1) is 0 Å². The molecule has 0 N–H and O–H groups in total. The molecule has 11 aromatic rings.